The van der Waals surface area contributed by atoms with Crippen molar-refractivity contribution in [2.24, 2.45) is 22.2 Å². The molecular weight excluding hydrogens is 492 g/mol. The molecule has 0 saturated carbocycles. The molecule has 15 heteroatoms. The number of hydrogen-bond acceptors (Lipinski definition) is 9. The van der Waals surface area contributed by atoms with Gasteiger partial charge in [0, 0.05) is 13.1 Å². The van der Waals surface area contributed by atoms with Crippen LogP contribution in [0.3, 0.4) is 0 Å². The summed E-state index contributed by atoms with van der Waals surface area (Å²) in [6.45, 7) is -0.637. The van der Waals surface area contributed by atoms with Crippen LogP contribution in [0.5, 0.6) is 0 Å². The zero-order chi connectivity index (χ0) is 26.6. The van der Waals surface area contributed by atoms with Gasteiger partial charge in [-0.05, 0) is 18.4 Å². The molecule has 14 nitrogen and oxygen atoms in total. The van der Waals surface area contributed by atoms with Gasteiger partial charge < -0.3 is 32.3 Å². The Bertz CT molecular complexity index is 1130. The summed E-state index contributed by atoms with van der Waals surface area (Å²) >= 11 is 0. The van der Waals surface area contributed by atoms with Crippen molar-refractivity contribution in [3.63, 3.8) is 0 Å². The van der Waals surface area contributed by atoms with Crippen molar-refractivity contribution in [2.45, 2.75) is 30.7 Å². The van der Waals surface area contributed by atoms with Gasteiger partial charge in [-0.15, -0.1) is 0 Å². The van der Waals surface area contributed by atoms with Crippen LogP contribution in [0, 0.1) is 0 Å². The lowest BCUT2D eigenvalue weighted by molar-refractivity contribution is -0.127. The van der Waals surface area contributed by atoms with Gasteiger partial charge in [-0.2, -0.15) is 0 Å². The number of guanidine groups is 1. The molecule has 0 saturated heterocycles. The Morgan fingerprint density at radius 3 is 2.44 bits per heavy atom. The number of aromatic nitrogens is 1. The Labute approximate surface area is 208 Å². The maximum Gasteiger partial charge on any atom is 0.265 e. The fourth-order valence-corrected chi connectivity index (χ4v) is 4.41. The average Bonchev–Trinajstić information content (AvgIpc) is 3.37. The highest BCUT2D eigenvalue weighted by Gasteiger charge is 2.27. The highest BCUT2D eigenvalue weighted by Crippen LogP contribution is 2.07. The normalized spacial score (nSPS) is 12.8. The second-order valence-electron chi connectivity index (χ2n) is 7.64. The van der Waals surface area contributed by atoms with Crippen LogP contribution in [-0.4, -0.2) is 68.7 Å². The second-order valence-corrected chi connectivity index (χ2v) is 9.39. The number of ketones is 1. The van der Waals surface area contributed by atoms with Crippen molar-refractivity contribution in [2.75, 3.05) is 19.6 Å². The molecule has 1 aromatic heterocycles. The highest BCUT2D eigenvalue weighted by molar-refractivity contribution is 7.88. The largest absolute Gasteiger partial charge is 0.442 e. The standard InChI is InChI=1S/C21H30N8O6S/c22-11-16(29-36(33,34)13-14-5-2-1-3-6-14)19(32)27-12-17(30)28-15(7-4-8-26-21(23)24)18(31)20-25-9-10-35-20/h1-3,5-6,9-10,15-16,29H,4,7-8,11-13,22H2,(H,27,32)(H,28,30)(H4,23,24,26)/t15-,16+/m0/s1. The molecule has 36 heavy (non-hydrogen) atoms. The summed E-state index contributed by atoms with van der Waals surface area (Å²) in [5.74, 6) is -2.71. The first-order valence-corrected chi connectivity index (χ1v) is 12.6. The Hall–Kier alpha value is -3.82. The van der Waals surface area contributed by atoms with Gasteiger partial charge in [-0.25, -0.2) is 18.1 Å². The number of amides is 2. The average molecular weight is 523 g/mol. The van der Waals surface area contributed by atoms with E-state index in [1.807, 2.05) is 0 Å². The van der Waals surface area contributed by atoms with Crippen LogP contribution in [0.2, 0.25) is 0 Å². The lowest BCUT2D eigenvalue weighted by Crippen LogP contribution is -2.53. The molecule has 0 aliphatic heterocycles. The van der Waals surface area contributed by atoms with E-state index in [9.17, 15) is 22.8 Å². The Morgan fingerprint density at radius 2 is 1.83 bits per heavy atom. The molecule has 196 valence electrons. The van der Waals surface area contributed by atoms with Crippen LogP contribution < -0.4 is 32.6 Å². The summed E-state index contributed by atoms with van der Waals surface area (Å²) < 4.78 is 32.1. The van der Waals surface area contributed by atoms with E-state index in [0.29, 0.717) is 12.0 Å². The maximum atomic E-state index is 12.6. The third-order valence-corrected chi connectivity index (χ3v) is 6.09. The van der Waals surface area contributed by atoms with Gasteiger partial charge in [0.05, 0.1) is 24.5 Å². The monoisotopic (exact) mass is 522 g/mol. The summed E-state index contributed by atoms with van der Waals surface area (Å²) in [6, 6.07) is 6.09. The van der Waals surface area contributed by atoms with Crippen molar-refractivity contribution < 1.29 is 27.2 Å². The van der Waals surface area contributed by atoms with Crippen molar-refractivity contribution in [1.82, 2.24) is 20.3 Å². The molecule has 0 aliphatic rings. The molecule has 2 aromatic rings. The summed E-state index contributed by atoms with van der Waals surface area (Å²) in [7, 11) is -3.89. The van der Waals surface area contributed by atoms with E-state index in [1.165, 1.54) is 12.5 Å². The van der Waals surface area contributed by atoms with Crippen LogP contribution in [0.15, 0.2) is 52.2 Å². The second kappa shape index (κ2) is 13.9. The van der Waals surface area contributed by atoms with Crippen LogP contribution in [-0.2, 0) is 25.4 Å². The zero-order valence-corrected chi connectivity index (χ0v) is 20.2. The Balaban J connectivity index is 1.92. The lowest BCUT2D eigenvalue weighted by Gasteiger charge is -2.18. The highest BCUT2D eigenvalue weighted by atomic mass is 32.2. The molecule has 0 unspecified atom stereocenters. The number of aliphatic imine (C=N–C) groups is 1. The number of nitrogens with zero attached hydrogens (tertiary/aromatic N) is 2. The third kappa shape index (κ3) is 9.81. The molecule has 9 N–H and O–H groups in total. The van der Waals surface area contributed by atoms with E-state index in [0.717, 1.165) is 0 Å². The fraction of sp³-hybridized carbons (Fsp3) is 0.381. The van der Waals surface area contributed by atoms with Gasteiger partial charge in [0.2, 0.25) is 27.6 Å². The summed E-state index contributed by atoms with van der Waals surface area (Å²) in [4.78, 5) is 45.2. The van der Waals surface area contributed by atoms with Crippen LogP contribution in [0.25, 0.3) is 0 Å². The molecule has 2 rings (SSSR count). The smallest absolute Gasteiger partial charge is 0.265 e. The molecule has 2 amide bonds. The van der Waals surface area contributed by atoms with E-state index in [4.69, 9.17) is 21.6 Å². The Morgan fingerprint density at radius 1 is 1.11 bits per heavy atom. The predicted molar refractivity (Wildman–Crippen MR) is 131 cm³/mol. The molecule has 1 heterocycles. The number of oxazole rings is 1. The summed E-state index contributed by atoms with van der Waals surface area (Å²) in [5.41, 5.74) is 16.7. The van der Waals surface area contributed by atoms with Crippen molar-refractivity contribution in [3.8, 4) is 0 Å². The zero-order valence-electron chi connectivity index (χ0n) is 19.4. The van der Waals surface area contributed by atoms with Crippen molar-refractivity contribution in [3.05, 3.63) is 54.2 Å². The van der Waals surface area contributed by atoms with Crippen LogP contribution in [0.4, 0.5) is 0 Å². The van der Waals surface area contributed by atoms with Crippen LogP contribution in [0.1, 0.15) is 29.1 Å². The SMILES string of the molecule is NC[C@@H](NS(=O)(=O)Cc1ccccc1)C(=O)NCC(=O)N[C@@H](CCCN=C(N)N)C(=O)c1ncco1. The Kier molecular flexibility index (Phi) is 11.0. The molecule has 0 bridgehead atoms. The van der Waals surface area contributed by atoms with Gasteiger partial charge in [0.25, 0.3) is 5.89 Å². The minimum atomic E-state index is -3.89. The first kappa shape index (κ1) is 28.4. The number of nitrogens with one attached hydrogen (secondary N) is 3. The summed E-state index contributed by atoms with van der Waals surface area (Å²) in [5, 5.41) is 4.82. The maximum absolute atomic E-state index is 12.6. The summed E-state index contributed by atoms with van der Waals surface area (Å²) in [6.07, 6.45) is 3.04. The van der Waals surface area contributed by atoms with Gasteiger partial charge in [0.1, 0.15) is 12.3 Å². The van der Waals surface area contributed by atoms with Gasteiger partial charge in [0.15, 0.2) is 5.96 Å². The van der Waals surface area contributed by atoms with E-state index in [-0.39, 0.29) is 37.1 Å². The minimum Gasteiger partial charge on any atom is -0.442 e. The van der Waals surface area contributed by atoms with Crippen molar-refractivity contribution in [1.29, 1.82) is 0 Å². The number of carbonyl (C=O) groups is 3. The van der Waals surface area contributed by atoms with Gasteiger partial charge >= 0.3 is 0 Å². The predicted octanol–water partition coefficient (Wildman–Crippen LogP) is -2.04. The van der Waals surface area contributed by atoms with E-state index in [1.54, 1.807) is 30.3 Å². The fourth-order valence-electron chi connectivity index (χ4n) is 3.06. The number of sulfonamides is 1. The minimum absolute atomic E-state index is 0.105. The van der Waals surface area contributed by atoms with Crippen molar-refractivity contribution >= 4 is 33.6 Å². The number of rotatable bonds is 15. The topological polar surface area (TPSA) is 238 Å². The first-order chi connectivity index (χ1) is 17.1. The number of carbonyl (C=O) groups excluding carboxylic acids is 3. The van der Waals surface area contributed by atoms with Gasteiger partial charge in [-0.1, -0.05) is 30.3 Å². The molecule has 0 fully saturated rings. The quantitative estimate of drug-likeness (QED) is 0.0648. The molecule has 2 atom stereocenters. The van der Waals surface area contributed by atoms with E-state index < -0.39 is 46.2 Å². The van der Waals surface area contributed by atoms with Crippen LogP contribution >= 0.6 is 0 Å². The molecule has 0 spiro atoms. The van der Waals surface area contributed by atoms with Gasteiger partial charge in [-0.3, -0.25) is 19.4 Å². The molecular formula is C21H30N8O6S. The molecule has 0 radical (unpaired) electrons. The third-order valence-electron chi connectivity index (χ3n) is 4.74. The lowest BCUT2D eigenvalue weighted by atomic mass is 10.1. The number of Topliss-reactive ketones (excluding diaryl/α,β-unsaturated/α-hetero) is 1. The molecule has 1 aromatic carbocycles. The van der Waals surface area contributed by atoms with E-state index >= 15 is 0 Å². The number of hydrogen-bond donors (Lipinski definition) is 6. The van der Waals surface area contributed by atoms with E-state index in [2.05, 4.69) is 25.3 Å². The number of benzene rings is 1. The first-order valence-electron chi connectivity index (χ1n) is 10.9. The number of nitrogens with two attached hydrogens (primary N) is 3. The molecule has 0 aliphatic carbocycles.